The summed E-state index contributed by atoms with van der Waals surface area (Å²) in [6.45, 7) is 5.54. The highest BCUT2D eigenvalue weighted by atomic mass is 16.5. The largest absolute Gasteiger partial charge is 0.497 e. The lowest BCUT2D eigenvalue weighted by Gasteiger charge is -2.34. The summed E-state index contributed by atoms with van der Waals surface area (Å²) in [5.74, 6) is 0.941. The number of benzene rings is 2. The average Bonchev–Trinajstić information content (AvgIpc) is 3.58. The highest BCUT2D eigenvalue weighted by Gasteiger charge is 2.36. The quantitative estimate of drug-likeness (QED) is 0.388. The van der Waals surface area contributed by atoms with E-state index in [0.29, 0.717) is 41.6 Å². The van der Waals surface area contributed by atoms with Crippen molar-refractivity contribution in [1.29, 1.82) is 0 Å². The lowest BCUT2D eigenvalue weighted by Crippen LogP contribution is -2.48. The van der Waals surface area contributed by atoms with Gasteiger partial charge in [0.25, 0.3) is 0 Å². The van der Waals surface area contributed by atoms with Gasteiger partial charge in [0.05, 0.1) is 25.8 Å². The van der Waals surface area contributed by atoms with Crippen molar-refractivity contribution in [3.63, 3.8) is 0 Å². The number of rotatable bonds is 12. The van der Waals surface area contributed by atoms with Gasteiger partial charge < -0.3 is 24.4 Å². The summed E-state index contributed by atoms with van der Waals surface area (Å²) in [4.78, 5) is 29.4. The number of carbonyl (C=O) groups excluding carboxylic acids is 2. The van der Waals surface area contributed by atoms with Crippen molar-refractivity contribution in [2.75, 3.05) is 33.9 Å². The lowest BCUT2D eigenvalue weighted by molar-refractivity contribution is -0.143. The Morgan fingerprint density at radius 2 is 2.00 bits per heavy atom. The normalized spacial score (nSPS) is 16.0. The van der Waals surface area contributed by atoms with Crippen molar-refractivity contribution in [2.45, 2.75) is 51.8 Å². The fraction of sp³-hybridized carbons (Fsp3) is 0.500. The molecule has 0 unspecified atom stereocenters. The molecule has 1 aliphatic rings. The Balaban J connectivity index is 1.72. The van der Waals surface area contributed by atoms with Gasteiger partial charge in [0, 0.05) is 31.3 Å². The molecule has 0 spiro atoms. The van der Waals surface area contributed by atoms with E-state index >= 15 is 0 Å². The van der Waals surface area contributed by atoms with Crippen LogP contribution in [0.3, 0.4) is 0 Å². The molecule has 10 nitrogen and oxygen atoms in total. The van der Waals surface area contributed by atoms with Crippen molar-refractivity contribution >= 4 is 22.8 Å². The number of methoxy groups -OCH3 is 2. The minimum atomic E-state index is -0.936. The van der Waals surface area contributed by atoms with Crippen LogP contribution in [0.5, 0.6) is 11.5 Å². The van der Waals surface area contributed by atoms with Crippen LogP contribution in [0.2, 0.25) is 0 Å². The number of ether oxygens (including phenoxy) is 3. The van der Waals surface area contributed by atoms with Gasteiger partial charge in [0.15, 0.2) is 0 Å². The number of hydrogen-bond acceptors (Lipinski definition) is 7. The standard InChI is InChI=1S/C28H37N5O5/c1-19(2)13-14-29-28(35)27(22-12-11-20(36-3)16-25(22)37-4)32(17-21-8-7-15-38-21)26(34)18-33-24-10-6-5-9-23(24)30-31-33/h5-6,9-12,16,19,21,27H,7-8,13-15,17-18H2,1-4H3,(H,29,35)/t21-,27+/m1/s1. The molecule has 0 aliphatic carbocycles. The van der Waals surface area contributed by atoms with Crippen LogP contribution >= 0.6 is 0 Å². The van der Waals surface area contributed by atoms with Crippen LogP contribution in [-0.4, -0.2) is 71.7 Å². The van der Waals surface area contributed by atoms with E-state index in [2.05, 4.69) is 29.5 Å². The Morgan fingerprint density at radius 1 is 1.18 bits per heavy atom. The summed E-state index contributed by atoms with van der Waals surface area (Å²) in [6.07, 6.45) is 2.39. The van der Waals surface area contributed by atoms with E-state index in [1.807, 2.05) is 24.3 Å². The van der Waals surface area contributed by atoms with Crippen molar-refractivity contribution in [3.8, 4) is 11.5 Å². The van der Waals surface area contributed by atoms with Crippen molar-refractivity contribution in [3.05, 3.63) is 48.0 Å². The second-order valence-electron chi connectivity index (χ2n) is 9.90. The molecule has 3 aromatic rings. The molecule has 1 N–H and O–H groups in total. The van der Waals surface area contributed by atoms with E-state index in [9.17, 15) is 9.59 Å². The number of nitrogens with one attached hydrogen (secondary N) is 1. The molecule has 10 heteroatoms. The van der Waals surface area contributed by atoms with Gasteiger partial charge in [-0.05, 0) is 49.4 Å². The zero-order valence-corrected chi connectivity index (χ0v) is 22.6. The summed E-state index contributed by atoms with van der Waals surface area (Å²) in [5.41, 5.74) is 2.02. The number of amides is 2. The number of hydrogen-bond donors (Lipinski definition) is 1. The molecule has 1 fully saturated rings. The molecule has 204 valence electrons. The van der Waals surface area contributed by atoms with Crippen molar-refractivity contribution in [1.82, 2.24) is 25.2 Å². The van der Waals surface area contributed by atoms with Gasteiger partial charge in [-0.1, -0.05) is 31.2 Å². The molecule has 4 rings (SSSR count). The first-order valence-corrected chi connectivity index (χ1v) is 13.1. The van der Waals surface area contributed by atoms with Gasteiger partial charge in [-0.3, -0.25) is 9.59 Å². The third-order valence-electron chi connectivity index (χ3n) is 6.77. The second kappa shape index (κ2) is 12.7. The second-order valence-corrected chi connectivity index (χ2v) is 9.90. The Kier molecular flexibility index (Phi) is 9.17. The number of fused-ring (bicyclic) bond motifs is 1. The first kappa shape index (κ1) is 27.4. The molecular weight excluding hydrogens is 486 g/mol. The molecule has 0 bridgehead atoms. The zero-order valence-electron chi connectivity index (χ0n) is 22.6. The minimum Gasteiger partial charge on any atom is -0.497 e. The summed E-state index contributed by atoms with van der Waals surface area (Å²) in [5, 5.41) is 11.4. The number of carbonyl (C=O) groups is 2. The van der Waals surface area contributed by atoms with Gasteiger partial charge in [-0.2, -0.15) is 0 Å². The third-order valence-corrected chi connectivity index (χ3v) is 6.77. The molecule has 1 aromatic heterocycles. The molecule has 0 saturated carbocycles. The number of aromatic nitrogens is 3. The van der Waals surface area contributed by atoms with Crippen LogP contribution < -0.4 is 14.8 Å². The molecule has 2 amide bonds. The van der Waals surface area contributed by atoms with Crippen molar-refractivity contribution < 1.29 is 23.8 Å². The Labute approximate surface area is 223 Å². The SMILES string of the molecule is COc1ccc([C@@H](C(=O)NCCC(C)C)N(C[C@H]2CCCO2)C(=O)Cn2nnc3ccccc32)c(OC)c1. The van der Waals surface area contributed by atoms with Gasteiger partial charge in [-0.15, -0.1) is 5.10 Å². The van der Waals surface area contributed by atoms with E-state index in [4.69, 9.17) is 14.2 Å². The first-order valence-electron chi connectivity index (χ1n) is 13.1. The van der Waals surface area contributed by atoms with E-state index in [0.717, 1.165) is 24.8 Å². The molecule has 2 heterocycles. The van der Waals surface area contributed by atoms with Crippen LogP contribution in [0, 0.1) is 5.92 Å². The van der Waals surface area contributed by atoms with E-state index in [1.54, 1.807) is 42.0 Å². The number of para-hydroxylation sites is 1. The highest BCUT2D eigenvalue weighted by molar-refractivity contribution is 5.90. The highest BCUT2D eigenvalue weighted by Crippen LogP contribution is 2.34. The molecule has 0 radical (unpaired) electrons. The van der Waals surface area contributed by atoms with Crippen LogP contribution in [-0.2, 0) is 20.9 Å². The lowest BCUT2D eigenvalue weighted by atomic mass is 10.0. The molecular formula is C28H37N5O5. The summed E-state index contributed by atoms with van der Waals surface area (Å²) >= 11 is 0. The summed E-state index contributed by atoms with van der Waals surface area (Å²) < 4.78 is 18.5. The summed E-state index contributed by atoms with van der Waals surface area (Å²) in [6, 6.07) is 11.8. The fourth-order valence-electron chi connectivity index (χ4n) is 4.69. The Morgan fingerprint density at radius 3 is 2.71 bits per heavy atom. The van der Waals surface area contributed by atoms with Crippen LogP contribution in [0.15, 0.2) is 42.5 Å². The number of nitrogens with zero attached hydrogens (tertiary/aromatic N) is 4. The van der Waals surface area contributed by atoms with Gasteiger partial charge in [0.2, 0.25) is 11.8 Å². The molecule has 1 saturated heterocycles. The molecule has 2 aromatic carbocycles. The van der Waals surface area contributed by atoms with Gasteiger partial charge >= 0.3 is 0 Å². The van der Waals surface area contributed by atoms with E-state index in [1.165, 1.54) is 0 Å². The fourth-order valence-corrected chi connectivity index (χ4v) is 4.69. The minimum absolute atomic E-state index is 0.0680. The topological polar surface area (TPSA) is 108 Å². The van der Waals surface area contributed by atoms with Crippen LogP contribution in [0.25, 0.3) is 11.0 Å². The molecule has 1 aliphatic heterocycles. The predicted octanol–water partition coefficient (Wildman–Crippen LogP) is 3.36. The monoisotopic (exact) mass is 523 g/mol. The maximum Gasteiger partial charge on any atom is 0.247 e. The Bertz CT molecular complexity index is 1240. The Hall–Kier alpha value is -3.66. The average molecular weight is 524 g/mol. The van der Waals surface area contributed by atoms with E-state index in [-0.39, 0.29) is 31.0 Å². The molecule has 2 atom stereocenters. The maximum atomic E-state index is 14.0. The van der Waals surface area contributed by atoms with Gasteiger partial charge in [-0.25, -0.2) is 4.68 Å². The summed E-state index contributed by atoms with van der Waals surface area (Å²) in [7, 11) is 3.11. The third kappa shape index (κ3) is 6.42. The smallest absolute Gasteiger partial charge is 0.247 e. The van der Waals surface area contributed by atoms with Crippen LogP contribution in [0.4, 0.5) is 0 Å². The van der Waals surface area contributed by atoms with Crippen LogP contribution in [0.1, 0.15) is 44.7 Å². The zero-order chi connectivity index (χ0) is 27.1. The first-order chi connectivity index (χ1) is 18.4. The van der Waals surface area contributed by atoms with Gasteiger partial charge in [0.1, 0.15) is 29.6 Å². The predicted molar refractivity (Wildman–Crippen MR) is 143 cm³/mol. The molecule has 38 heavy (non-hydrogen) atoms. The van der Waals surface area contributed by atoms with Crippen molar-refractivity contribution in [2.24, 2.45) is 5.92 Å². The maximum absolute atomic E-state index is 14.0. The van der Waals surface area contributed by atoms with E-state index < -0.39 is 6.04 Å².